The third kappa shape index (κ3) is 2.51. The van der Waals surface area contributed by atoms with Crippen LogP contribution in [0.1, 0.15) is 51.5 Å². The van der Waals surface area contributed by atoms with Gasteiger partial charge in [-0.1, -0.05) is 19.8 Å². The number of hydrogen-bond donors (Lipinski definition) is 0. The highest BCUT2D eigenvalue weighted by atomic mass is 35.5. The molecule has 2 rings (SSSR count). The third-order valence-electron chi connectivity index (χ3n) is 3.44. The highest BCUT2D eigenvalue weighted by Gasteiger charge is 2.22. The Morgan fingerprint density at radius 3 is 2.67 bits per heavy atom. The normalized spacial score (nSPS) is 26.8. The summed E-state index contributed by atoms with van der Waals surface area (Å²) in [6.45, 7) is 2.27. The van der Waals surface area contributed by atoms with E-state index >= 15 is 0 Å². The van der Waals surface area contributed by atoms with Crippen LogP contribution in [0.3, 0.4) is 0 Å². The van der Waals surface area contributed by atoms with Gasteiger partial charge in [-0.15, -0.1) is 10.2 Å². The van der Waals surface area contributed by atoms with Gasteiger partial charge in [0.1, 0.15) is 6.33 Å². The number of halogens is 1. The highest BCUT2D eigenvalue weighted by molar-refractivity contribution is 6.28. The Labute approximate surface area is 95.8 Å². The minimum atomic E-state index is 0.528. The van der Waals surface area contributed by atoms with E-state index in [1.54, 1.807) is 6.33 Å². The van der Waals surface area contributed by atoms with E-state index in [2.05, 4.69) is 17.1 Å². The van der Waals surface area contributed by atoms with Crippen molar-refractivity contribution in [3.8, 4) is 0 Å². The molecule has 0 spiro atoms. The van der Waals surface area contributed by atoms with Crippen molar-refractivity contribution in [1.29, 1.82) is 0 Å². The topological polar surface area (TPSA) is 30.7 Å². The Hall–Kier alpha value is -0.570. The SMILES string of the molecule is CCCC1CCC(n2cnnc2Cl)CC1. The predicted molar refractivity (Wildman–Crippen MR) is 60.9 cm³/mol. The summed E-state index contributed by atoms with van der Waals surface area (Å²) in [6.07, 6.45) is 9.55. The van der Waals surface area contributed by atoms with Crippen molar-refractivity contribution in [1.82, 2.24) is 14.8 Å². The monoisotopic (exact) mass is 227 g/mol. The van der Waals surface area contributed by atoms with Gasteiger partial charge in [-0.05, 0) is 43.2 Å². The van der Waals surface area contributed by atoms with Crippen LogP contribution < -0.4 is 0 Å². The maximum Gasteiger partial charge on any atom is 0.225 e. The maximum absolute atomic E-state index is 5.96. The first-order chi connectivity index (χ1) is 7.31. The molecule has 1 aliphatic carbocycles. The van der Waals surface area contributed by atoms with E-state index in [0.717, 1.165) is 5.92 Å². The average molecular weight is 228 g/mol. The predicted octanol–water partition coefficient (Wildman–Crippen LogP) is 3.46. The molecule has 0 N–H and O–H groups in total. The molecule has 1 aromatic rings. The highest BCUT2D eigenvalue weighted by Crippen LogP contribution is 2.35. The van der Waals surface area contributed by atoms with Crippen molar-refractivity contribution < 1.29 is 0 Å². The number of nitrogens with zero attached hydrogens (tertiary/aromatic N) is 3. The molecule has 1 saturated carbocycles. The van der Waals surface area contributed by atoms with Gasteiger partial charge < -0.3 is 4.57 Å². The Bertz CT molecular complexity index is 303. The largest absolute Gasteiger partial charge is 0.301 e. The summed E-state index contributed by atoms with van der Waals surface area (Å²) < 4.78 is 2.02. The van der Waals surface area contributed by atoms with Gasteiger partial charge in [0.15, 0.2) is 0 Å². The molecule has 0 saturated heterocycles. The summed E-state index contributed by atoms with van der Waals surface area (Å²) in [5.74, 6) is 0.932. The zero-order chi connectivity index (χ0) is 10.7. The summed E-state index contributed by atoms with van der Waals surface area (Å²) in [7, 11) is 0. The molecule has 0 atom stereocenters. The van der Waals surface area contributed by atoms with Crippen LogP contribution in [0, 0.1) is 5.92 Å². The molecular formula is C11H18ClN3. The van der Waals surface area contributed by atoms with Crippen LogP contribution >= 0.6 is 11.6 Å². The minimum absolute atomic E-state index is 0.528. The summed E-state index contributed by atoms with van der Waals surface area (Å²) in [6, 6.07) is 0.528. The Morgan fingerprint density at radius 2 is 2.13 bits per heavy atom. The van der Waals surface area contributed by atoms with E-state index in [4.69, 9.17) is 11.6 Å². The van der Waals surface area contributed by atoms with E-state index in [0.29, 0.717) is 11.3 Å². The molecule has 1 heterocycles. The lowest BCUT2D eigenvalue weighted by Crippen LogP contribution is -2.17. The molecule has 4 heteroatoms. The van der Waals surface area contributed by atoms with Crippen LogP contribution in [0.2, 0.25) is 5.28 Å². The molecule has 1 aromatic heterocycles. The van der Waals surface area contributed by atoms with E-state index in [1.807, 2.05) is 4.57 Å². The molecular weight excluding hydrogens is 210 g/mol. The van der Waals surface area contributed by atoms with E-state index in [9.17, 15) is 0 Å². The molecule has 3 nitrogen and oxygen atoms in total. The van der Waals surface area contributed by atoms with Gasteiger partial charge in [-0.25, -0.2) is 0 Å². The number of rotatable bonds is 3. The molecule has 0 aromatic carbocycles. The second kappa shape index (κ2) is 4.97. The van der Waals surface area contributed by atoms with Crippen LogP contribution in [0.4, 0.5) is 0 Å². The molecule has 84 valence electrons. The first-order valence-corrected chi connectivity index (χ1v) is 6.24. The van der Waals surface area contributed by atoms with Crippen LogP contribution in [0.25, 0.3) is 0 Å². The van der Waals surface area contributed by atoms with Crippen molar-refractivity contribution in [2.24, 2.45) is 5.92 Å². The molecule has 0 bridgehead atoms. The Kier molecular flexibility index (Phi) is 3.62. The van der Waals surface area contributed by atoms with E-state index in [1.165, 1.54) is 38.5 Å². The number of aromatic nitrogens is 3. The average Bonchev–Trinajstić information content (AvgIpc) is 2.66. The zero-order valence-corrected chi connectivity index (χ0v) is 9.95. The fourth-order valence-electron chi connectivity index (χ4n) is 2.59. The fraction of sp³-hybridized carbons (Fsp3) is 0.818. The van der Waals surface area contributed by atoms with E-state index < -0.39 is 0 Å². The van der Waals surface area contributed by atoms with Gasteiger partial charge in [0.2, 0.25) is 5.28 Å². The van der Waals surface area contributed by atoms with Crippen LogP contribution in [-0.2, 0) is 0 Å². The summed E-state index contributed by atoms with van der Waals surface area (Å²) >= 11 is 5.96. The lowest BCUT2D eigenvalue weighted by atomic mass is 9.83. The molecule has 15 heavy (non-hydrogen) atoms. The zero-order valence-electron chi connectivity index (χ0n) is 9.19. The van der Waals surface area contributed by atoms with Gasteiger partial charge in [0, 0.05) is 6.04 Å². The van der Waals surface area contributed by atoms with E-state index in [-0.39, 0.29) is 0 Å². The van der Waals surface area contributed by atoms with Crippen molar-refractivity contribution in [2.75, 3.05) is 0 Å². The van der Waals surface area contributed by atoms with Crippen molar-refractivity contribution >= 4 is 11.6 Å². The summed E-state index contributed by atoms with van der Waals surface area (Å²) in [4.78, 5) is 0. The smallest absolute Gasteiger partial charge is 0.225 e. The molecule has 0 aliphatic heterocycles. The second-order valence-corrected chi connectivity index (χ2v) is 4.81. The van der Waals surface area contributed by atoms with Crippen LogP contribution in [0.15, 0.2) is 6.33 Å². The first kappa shape index (κ1) is 10.9. The maximum atomic E-state index is 5.96. The van der Waals surface area contributed by atoms with Gasteiger partial charge in [0.25, 0.3) is 0 Å². The quantitative estimate of drug-likeness (QED) is 0.792. The standard InChI is InChI=1S/C11H18ClN3/c1-2-3-9-4-6-10(7-5-9)15-8-13-14-11(15)12/h8-10H,2-7H2,1H3. The third-order valence-corrected chi connectivity index (χ3v) is 3.71. The van der Waals surface area contributed by atoms with Gasteiger partial charge >= 0.3 is 0 Å². The van der Waals surface area contributed by atoms with Gasteiger partial charge in [0.05, 0.1) is 0 Å². The molecule has 1 aliphatic rings. The Balaban J connectivity index is 1.91. The van der Waals surface area contributed by atoms with Crippen molar-refractivity contribution in [3.05, 3.63) is 11.6 Å². The van der Waals surface area contributed by atoms with Crippen molar-refractivity contribution in [2.45, 2.75) is 51.5 Å². The van der Waals surface area contributed by atoms with Crippen LogP contribution in [-0.4, -0.2) is 14.8 Å². The minimum Gasteiger partial charge on any atom is -0.301 e. The molecule has 0 unspecified atom stereocenters. The molecule has 0 radical (unpaired) electrons. The molecule has 0 amide bonds. The van der Waals surface area contributed by atoms with Crippen LogP contribution in [0.5, 0.6) is 0 Å². The Morgan fingerprint density at radius 1 is 1.40 bits per heavy atom. The van der Waals surface area contributed by atoms with Gasteiger partial charge in [-0.3, -0.25) is 0 Å². The second-order valence-electron chi connectivity index (χ2n) is 4.47. The lowest BCUT2D eigenvalue weighted by molar-refractivity contribution is 0.262. The lowest BCUT2D eigenvalue weighted by Gasteiger charge is -2.29. The van der Waals surface area contributed by atoms with Crippen molar-refractivity contribution in [3.63, 3.8) is 0 Å². The number of hydrogen-bond acceptors (Lipinski definition) is 2. The van der Waals surface area contributed by atoms with Gasteiger partial charge in [-0.2, -0.15) is 0 Å². The summed E-state index contributed by atoms with van der Waals surface area (Å²) in [5, 5.41) is 8.19. The molecule has 1 fully saturated rings. The fourth-order valence-corrected chi connectivity index (χ4v) is 2.82. The first-order valence-electron chi connectivity index (χ1n) is 5.86. The summed E-state index contributed by atoms with van der Waals surface area (Å²) in [5.41, 5.74) is 0.